The molecule has 2 aliphatic heterocycles. The van der Waals surface area contributed by atoms with Crippen molar-refractivity contribution in [2.24, 2.45) is 11.1 Å². The Morgan fingerprint density at radius 3 is 2.58 bits per heavy atom. The number of piperazine rings is 1. The number of carbonyl (C=O) groups is 1. The van der Waals surface area contributed by atoms with E-state index in [1.807, 2.05) is 6.20 Å². The fourth-order valence-corrected chi connectivity index (χ4v) is 6.92. The van der Waals surface area contributed by atoms with Gasteiger partial charge in [-0.25, -0.2) is 9.97 Å². The lowest BCUT2D eigenvalue weighted by molar-refractivity contribution is -0.113. The number of hydrogen-bond acceptors (Lipinski definition) is 9. The molecule has 2 aliphatic rings. The first kappa shape index (κ1) is 25.0. The van der Waals surface area contributed by atoms with Gasteiger partial charge in [-0.3, -0.25) is 4.79 Å². The number of nitrogens with two attached hydrogens (primary N) is 1. The lowest BCUT2D eigenvalue weighted by Gasteiger charge is -2.35. The van der Waals surface area contributed by atoms with Crippen molar-refractivity contribution in [1.29, 1.82) is 0 Å². The molecule has 0 radical (unpaired) electrons. The topological polar surface area (TPSA) is 91.5 Å². The number of amides is 1. The van der Waals surface area contributed by atoms with E-state index in [1.165, 1.54) is 11.1 Å². The lowest BCUT2D eigenvalue weighted by atomic mass is 9.95. The third kappa shape index (κ3) is 4.94. The smallest absolute Gasteiger partial charge is 0.256 e. The van der Waals surface area contributed by atoms with E-state index >= 15 is 0 Å². The summed E-state index contributed by atoms with van der Waals surface area (Å²) in [6.07, 6.45) is 3.53. The van der Waals surface area contributed by atoms with Gasteiger partial charge in [0.25, 0.3) is 5.91 Å². The number of hydrogen-bond donors (Lipinski definition) is 1. The minimum Gasteiger partial charge on any atom is -0.365 e. The molecule has 36 heavy (non-hydrogen) atoms. The molecular weight excluding hydrogens is 490 g/mol. The van der Waals surface area contributed by atoms with Crippen LogP contribution in [-0.4, -0.2) is 69.3 Å². The molecule has 1 fully saturated rings. The molecule has 190 valence electrons. The van der Waals surface area contributed by atoms with Gasteiger partial charge in [0.15, 0.2) is 10.8 Å². The summed E-state index contributed by atoms with van der Waals surface area (Å²) in [6, 6.07) is 6.50. The van der Waals surface area contributed by atoms with E-state index in [2.05, 4.69) is 77.6 Å². The number of primary amides is 1. The second-order valence-electron chi connectivity index (χ2n) is 10.7. The summed E-state index contributed by atoms with van der Waals surface area (Å²) >= 11 is 3.24. The van der Waals surface area contributed by atoms with Crippen molar-refractivity contribution in [2.75, 3.05) is 38.1 Å². The van der Waals surface area contributed by atoms with Gasteiger partial charge in [0.1, 0.15) is 11.0 Å². The number of carbonyl (C=O) groups excluding carboxylic acids is 1. The average molecular weight is 524 g/mol. The fourth-order valence-electron chi connectivity index (χ4n) is 4.66. The molecule has 1 amide bonds. The predicted octanol–water partition coefficient (Wildman–Crippen LogP) is 4.06. The van der Waals surface area contributed by atoms with Crippen LogP contribution in [0.1, 0.15) is 31.9 Å². The first-order valence-corrected chi connectivity index (χ1v) is 13.9. The maximum Gasteiger partial charge on any atom is 0.256 e. The zero-order valence-electron chi connectivity index (χ0n) is 21.5. The SMILES string of the molecule is Cc1cc(-c2ncnc3nc(N4CCN(C)CC4)sc23)ccc1CN1C=C(C(N)=O)SC1C(C)(C)C. The molecule has 1 atom stereocenters. The van der Waals surface area contributed by atoms with Crippen LogP contribution in [0.15, 0.2) is 35.6 Å². The number of anilines is 1. The Balaban J connectivity index is 1.42. The van der Waals surface area contributed by atoms with Crippen LogP contribution < -0.4 is 10.6 Å². The molecule has 1 saturated heterocycles. The third-order valence-electron chi connectivity index (χ3n) is 6.73. The van der Waals surface area contributed by atoms with Crippen LogP contribution >= 0.6 is 23.1 Å². The van der Waals surface area contributed by atoms with E-state index < -0.39 is 0 Å². The fraction of sp³-hybridized carbons (Fsp3) is 0.462. The maximum atomic E-state index is 11.8. The summed E-state index contributed by atoms with van der Waals surface area (Å²) in [5.41, 5.74) is 10.7. The number of fused-ring (bicyclic) bond motifs is 1. The number of aryl methyl sites for hydroxylation is 1. The van der Waals surface area contributed by atoms with Crippen molar-refractivity contribution in [3.8, 4) is 11.3 Å². The molecule has 0 saturated carbocycles. The highest BCUT2D eigenvalue weighted by Crippen LogP contribution is 2.43. The van der Waals surface area contributed by atoms with Gasteiger partial charge in [-0.05, 0) is 36.6 Å². The summed E-state index contributed by atoms with van der Waals surface area (Å²) in [6.45, 7) is 13.4. The molecule has 0 aliphatic carbocycles. The maximum absolute atomic E-state index is 11.8. The Hall–Kier alpha value is -2.69. The molecule has 8 nitrogen and oxygen atoms in total. The highest BCUT2D eigenvalue weighted by atomic mass is 32.2. The minimum atomic E-state index is -0.364. The van der Waals surface area contributed by atoms with Crippen LogP contribution in [-0.2, 0) is 11.3 Å². The Morgan fingerprint density at radius 1 is 1.17 bits per heavy atom. The number of nitrogens with zero attached hydrogens (tertiary/aromatic N) is 6. The third-order valence-corrected chi connectivity index (χ3v) is 9.60. The Morgan fingerprint density at radius 2 is 1.92 bits per heavy atom. The summed E-state index contributed by atoms with van der Waals surface area (Å²) in [7, 11) is 2.16. The number of rotatable bonds is 5. The van der Waals surface area contributed by atoms with E-state index in [4.69, 9.17) is 10.7 Å². The zero-order chi connectivity index (χ0) is 25.6. The second-order valence-corrected chi connectivity index (χ2v) is 12.8. The molecule has 3 aromatic rings. The second kappa shape index (κ2) is 9.64. The van der Waals surface area contributed by atoms with E-state index in [0.29, 0.717) is 11.4 Å². The van der Waals surface area contributed by atoms with E-state index in [0.717, 1.165) is 52.9 Å². The molecule has 0 spiro atoms. The van der Waals surface area contributed by atoms with Crippen LogP contribution in [0.25, 0.3) is 21.6 Å². The van der Waals surface area contributed by atoms with Gasteiger partial charge in [-0.1, -0.05) is 56.0 Å². The molecule has 4 heterocycles. The number of aromatic nitrogens is 3. The molecule has 2 aromatic heterocycles. The van der Waals surface area contributed by atoms with Crippen LogP contribution in [0, 0.1) is 12.3 Å². The van der Waals surface area contributed by atoms with Crippen LogP contribution in [0.5, 0.6) is 0 Å². The van der Waals surface area contributed by atoms with Gasteiger partial charge in [-0.2, -0.15) is 4.98 Å². The molecule has 1 unspecified atom stereocenters. The normalized spacial score (nSPS) is 19.2. The molecule has 1 aromatic carbocycles. The number of thioether (sulfide) groups is 1. The van der Waals surface area contributed by atoms with Gasteiger partial charge in [0.2, 0.25) is 0 Å². The first-order valence-electron chi connectivity index (χ1n) is 12.2. The number of benzene rings is 1. The Labute approximate surface area is 220 Å². The highest BCUT2D eigenvalue weighted by molar-refractivity contribution is 8.04. The molecule has 5 rings (SSSR count). The van der Waals surface area contributed by atoms with Crippen LogP contribution in [0.3, 0.4) is 0 Å². The Bertz CT molecular complexity index is 1320. The standard InChI is InChI=1S/C26H33N7OS2/c1-16-12-17(6-7-18(16)13-33-14-19(22(27)34)35-24(33)26(2,3)4)20-21-23(29-15-28-20)30-25(36-21)32-10-8-31(5)9-11-32/h6-7,12,14-15,24H,8-11,13H2,1-5H3,(H2,27,34). The molecule has 0 bridgehead atoms. The van der Waals surface area contributed by atoms with Gasteiger partial charge >= 0.3 is 0 Å². The van der Waals surface area contributed by atoms with Crippen molar-refractivity contribution < 1.29 is 4.79 Å². The summed E-state index contributed by atoms with van der Waals surface area (Å²) in [5.74, 6) is -0.364. The zero-order valence-corrected chi connectivity index (χ0v) is 23.1. The van der Waals surface area contributed by atoms with E-state index in [1.54, 1.807) is 29.4 Å². The van der Waals surface area contributed by atoms with Gasteiger partial charge in [0.05, 0.1) is 16.0 Å². The lowest BCUT2D eigenvalue weighted by Crippen LogP contribution is -2.44. The monoisotopic (exact) mass is 523 g/mol. The largest absolute Gasteiger partial charge is 0.365 e. The summed E-state index contributed by atoms with van der Waals surface area (Å²) < 4.78 is 1.02. The van der Waals surface area contributed by atoms with E-state index in [9.17, 15) is 4.79 Å². The van der Waals surface area contributed by atoms with Crippen LogP contribution in [0.2, 0.25) is 0 Å². The van der Waals surface area contributed by atoms with Gasteiger partial charge < -0.3 is 20.4 Å². The first-order chi connectivity index (χ1) is 17.1. The van der Waals surface area contributed by atoms with Crippen molar-refractivity contribution in [2.45, 2.75) is 39.6 Å². The predicted molar refractivity (Wildman–Crippen MR) is 149 cm³/mol. The quantitative estimate of drug-likeness (QED) is 0.535. The van der Waals surface area contributed by atoms with E-state index in [-0.39, 0.29) is 16.7 Å². The van der Waals surface area contributed by atoms with Crippen molar-refractivity contribution in [3.63, 3.8) is 0 Å². The average Bonchev–Trinajstić information content (AvgIpc) is 3.45. The highest BCUT2D eigenvalue weighted by Gasteiger charge is 2.36. The Kier molecular flexibility index (Phi) is 6.69. The molecule has 10 heteroatoms. The van der Waals surface area contributed by atoms with Crippen molar-refractivity contribution in [3.05, 3.63) is 46.8 Å². The van der Waals surface area contributed by atoms with Crippen molar-refractivity contribution in [1.82, 2.24) is 24.8 Å². The molecule has 2 N–H and O–H groups in total. The van der Waals surface area contributed by atoms with Crippen LogP contribution in [0.4, 0.5) is 5.13 Å². The van der Waals surface area contributed by atoms with Gasteiger partial charge in [-0.15, -0.1) is 0 Å². The number of thiazole rings is 1. The van der Waals surface area contributed by atoms with Gasteiger partial charge in [0, 0.05) is 44.5 Å². The summed E-state index contributed by atoms with van der Waals surface area (Å²) in [5, 5.41) is 1.16. The minimum absolute atomic E-state index is 0.00751. The number of likely N-dealkylation sites (N-methyl/N-ethyl adjacent to an activating group) is 1. The van der Waals surface area contributed by atoms with Crippen molar-refractivity contribution >= 4 is 44.5 Å². The summed E-state index contributed by atoms with van der Waals surface area (Å²) in [4.78, 5) is 33.3. The molecular formula is C26H33N7OS2.